The molecule has 0 heterocycles. The molecule has 19 heavy (non-hydrogen) atoms. The molecule has 106 valence electrons. The van der Waals surface area contributed by atoms with E-state index in [4.69, 9.17) is 5.73 Å². The predicted octanol–water partition coefficient (Wildman–Crippen LogP) is 2.72. The lowest BCUT2D eigenvalue weighted by Crippen LogP contribution is -2.50. The molecule has 0 aliphatic rings. The highest BCUT2D eigenvalue weighted by atomic mass is 16.2. The maximum Gasteiger partial charge on any atom is 0.240 e. The quantitative estimate of drug-likeness (QED) is 0.907. The summed E-state index contributed by atoms with van der Waals surface area (Å²) in [5.41, 5.74) is 8.25. The van der Waals surface area contributed by atoms with E-state index in [-0.39, 0.29) is 11.3 Å². The Hall–Kier alpha value is -1.35. The van der Waals surface area contributed by atoms with Crippen molar-refractivity contribution in [3.8, 4) is 0 Å². The Morgan fingerprint density at radius 1 is 1.32 bits per heavy atom. The van der Waals surface area contributed by atoms with Gasteiger partial charge >= 0.3 is 0 Å². The summed E-state index contributed by atoms with van der Waals surface area (Å²) in [5.74, 6) is 0.0262. The van der Waals surface area contributed by atoms with Crippen LogP contribution in [0.1, 0.15) is 38.8 Å². The van der Waals surface area contributed by atoms with Gasteiger partial charge in [0.1, 0.15) is 0 Å². The number of amides is 1. The molecule has 1 amide bonds. The molecule has 1 rings (SSSR count). The van der Waals surface area contributed by atoms with Crippen LogP contribution in [-0.4, -0.2) is 23.4 Å². The van der Waals surface area contributed by atoms with Crippen molar-refractivity contribution in [2.75, 3.05) is 6.54 Å². The van der Waals surface area contributed by atoms with Crippen molar-refractivity contribution < 1.29 is 4.79 Å². The van der Waals surface area contributed by atoms with Crippen LogP contribution in [-0.2, 0) is 11.3 Å². The summed E-state index contributed by atoms with van der Waals surface area (Å²) in [4.78, 5) is 14.3. The Morgan fingerprint density at radius 3 is 2.37 bits per heavy atom. The molecular formula is C16H26N2O. The largest absolute Gasteiger partial charge is 0.337 e. The summed E-state index contributed by atoms with van der Waals surface area (Å²) in [5, 5.41) is 0. The standard InChI is InChI=1S/C16H26N2O/c1-6-18(15(19)14(17)16(3,4)5)11-13-10-8-7-9-12(13)2/h7-10,14H,6,11,17H2,1-5H3. The van der Waals surface area contributed by atoms with Crippen LogP contribution in [0, 0.1) is 12.3 Å². The van der Waals surface area contributed by atoms with Crippen LogP contribution in [0.5, 0.6) is 0 Å². The Bertz CT molecular complexity index is 435. The van der Waals surface area contributed by atoms with Gasteiger partial charge in [-0.05, 0) is 30.4 Å². The zero-order valence-electron chi connectivity index (χ0n) is 12.7. The van der Waals surface area contributed by atoms with Crippen LogP contribution >= 0.6 is 0 Å². The lowest BCUT2D eigenvalue weighted by Gasteiger charge is -2.31. The molecule has 2 N–H and O–H groups in total. The minimum atomic E-state index is -0.462. The first-order valence-electron chi connectivity index (χ1n) is 6.86. The fourth-order valence-electron chi connectivity index (χ4n) is 1.91. The highest BCUT2D eigenvalue weighted by Crippen LogP contribution is 2.20. The third-order valence-corrected chi connectivity index (χ3v) is 3.51. The summed E-state index contributed by atoms with van der Waals surface area (Å²) < 4.78 is 0. The van der Waals surface area contributed by atoms with E-state index in [0.29, 0.717) is 13.1 Å². The van der Waals surface area contributed by atoms with E-state index in [1.165, 1.54) is 11.1 Å². The topological polar surface area (TPSA) is 46.3 Å². The number of benzene rings is 1. The van der Waals surface area contributed by atoms with Crippen molar-refractivity contribution in [1.82, 2.24) is 4.90 Å². The van der Waals surface area contributed by atoms with Gasteiger partial charge in [-0.3, -0.25) is 4.79 Å². The molecule has 1 unspecified atom stereocenters. The van der Waals surface area contributed by atoms with Gasteiger partial charge in [0.25, 0.3) is 0 Å². The zero-order chi connectivity index (χ0) is 14.6. The number of nitrogens with two attached hydrogens (primary N) is 1. The SMILES string of the molecule is CCN(Cc1ccccc1C)C(=O)C(N)C(C)(C)C. The molecule has 3 heteroatoms. The molecule has 0 radical (unpaired) electrons. The summed E-state index contributed by atoms with van der Waals surface area (Å²) >= 11 is 0. The lowest BCUT2D eigenvalue weighted by atomic mass is 9.86. The summed E-state index contributed by atoms with van der Waals surface area (Å²) in [6, 6.07) is 7.68. The fraction of sp³-hybridized carbons (Fsp3) is 0.562. The van der Waals surface area contributed by atoms with Crippen LogP contribution in [0.4, 0.5) is 0 Å². The molecule has 1 aromatic rings. The van der Waals surface area contributed by atoms with Crippen LogP contribution in [0.3, 0.4) is 0 Å². The van der Waals surface area contributed by atoms with E-state index in [1.54, 1.807) is 0 Å². The third kappa shape index (κ3) is 4.06. The van der Waals surface area contributed by atoms with E-state index >= 15 is 0 Å². The molecule has 0 bridgehead atoms. The van der Waals surface area contributed by atoms with Gasteiger partial charge in [0.15, 0.2) is 0 Å². The van der Waals surface area contributed by atoms with E-state index in [1.807, 2.05) is 44.7 Å². The molecule has 0 saturated carbocycles. The van der Waals surface area contributed by atoms with Crippen molar-refractivity contribution in [1.29, 1.82) is 0 Å². The number of carbonyl (C=O) groups is 1. The van der Waals surface area contributed by atoms with Crippen molar-refractivity contribution >= 4 is 5.91 Å². The average Bonchev–Trinajstić information content (AvgIpc) is 2.35. The maximum absolute atomic E-state index is 12.4. The number of rotatable bonds is 4. The molecule has 0 aromatic heterocycles. The van der Waals surface area contributed by atoms with Crippen molar-refractivity contribution in [3.63, 3.8) is 0 Å². The average molecular weight is 262 g/mol. The third-order valence-electron chi connectivity index (χ3n) is 3.51. The van der Waals surface area contributed by atoms with Gasteiger partial charge in [-0.25, -0.2) is 0 Å². The molecular weight excluding hydrogens is 236 g/mol. The first-order chi connectivity index (χ1) is 8.77. The minimum absolute atomic E-state index is 0.0262. The van der Waals surface area contributed by atoms with Gasteiger partial charge in [-0.15, -0.1) is 0 Å². The summed E-state index contributed by atoms with van der Waals surface area (Å²) in [7, 11) is 0. The van der Waals surface area contributed by atoms with Gasteiger partial charge in [0.05, 0.1) is 6.04 Å². The molecule has 0 saturated heterocycles. The molecule has 3 nitrogen and oxygen atoms in total. The molecule has 1 aromatic carbocycles. The van der Waals surface area contributed by atoms with Crippen molar-refractivity contribution in [2.45, 2.75) is 47.2 Å². The molecule has 0 spiro atoms. The van der Waals surface area contributed by atoms with Gasteiger partial charge < -0.3 is 10.6 Å². The maximum atomic E-state index is 12.4. The number of likely N-dealkylation sites (N-methyl/N-ethyl adjacent to an activating group) is 1. The normalized spacial score (nSPS) is 13.2. The minimum Gasteiger partial charge on any atom is -0.337 e. The van der Waals surface area contributed by atoms with E-state index in [2.05, 4.69) is 19.1 Å². The molecule has 0 aliphatic heterocycles. The number of carbonyl (C=O) groups excluding carboxylic acids is 1. The Kier molecular flexibility index (Phi) is 5.12. The molecule has 1 atom stereocenters. The van der Waals surface area contributed by atoms with Gasteiger partial charge in [0.2, 0.25) is 5.91 Å². The molecule has 0 aliphatic carbocycles. The van der Waals surface area contributed by atoms with Crippen molar-refractivity contribution in [2.24, 2.45) is 11.1 Å². The second kappa shape index (κ2) is 6.20. The highest BCUT2D eigenvalue weighted by Gasteiger charge is 2.30. The number of hydrogen-bond acceptors (Lipinski definition) is 2. The van der Waals surface area contributed by atoms with Crippen LogP contribution in [0.2, 0.25) is 0 Å². The fourth-order valence-corrected chi connectivity index (χ4v) is 1.91. The number of nitrogens with zero attached hydrogens (tertiary/aromatic N) is 1. The summed E-state index contributed by atoms with van der Waals surface area (Å²) in [6.07, 6.45) is 0. The van der Waals surface area contributed by atoms with Crippen LogP contribution < -0.4 is 5.73 Å². The Morgan fingerprint density at radius 2 is 1.89 bits per heavy atom. The van der Waals surface area contributed by atoms with Crippen molar-refractivity contribution in [3.05, 3.63) is 35.4 Å². The smallest absolute Gasteiger partial charge is 0.240 e. The number of aryl methyl sites for hydroxylation is 1. The summed E-state index contributed by atoms with van der Waals surface area (Å²) in [6.45, 7) is 11.4. The Labute approximate surface area is 116 Å². The van der Waals surface area contributed by atoms with E-state index in [0.717, 1.165) is 0 Å². The predicted molar refractivity (Wildman–Crippen MR) is 79.7 cm³/mol. The van der Waals surface area contributed by atoms with E-state index < -0.39 is 6.04 Å². The highest BCUT2D eigenvalue weighted by molar-refractivity contribution is 5.82. The molecule has 0 fully saturated rings. The van der Waals surface area contributed by atoms with E-state index in [9.17, 15) is 4.79 Å². The van der Waals surface area contributed by atoms with Gasteiger partial charge in [0, 0.05) is 13.1 Å². The van der Waals surface area contributed by atoms with Gasteiger partial charge in [-0.1, -0.05) is 45.0 Å². The second-order valence-corrected chi connectivity index (χ2v) is 6.12. The Balaban J connectivity index is 2.85. The monoisotopic (exact) mass is 262 g/mol. The zero-order valence-corrected chi connectivity index (χ0v) is 12.7. The second-order valence-electron chi connectivity index (χ2n) is 6.12. The van der Waals surface area contributed by atoms with Crippen LogP contribution in [0.25, 0.3) is 0 Å². The van der Waals surface area contributed by atoms with Gasteiger partial charge in [-0.2, -0.15) is 0 Å². The first-order valence-corrected chi connectivity index (χ1v) is 6.86. The lowest BCUT2D eigenvalue weighted by molar-refractivity contribution is -0.135. The van der Waals surface area contributed by atoms with Crippen LogP contribution in [0.15, 0.2) is 24.3 Å². The number of hydrogen-bond donors (Lipinski definition) is 1. The first kappa shape index (κ1) is 15.7.